The highest BCUT2D eigenvalue weighted by atomic mass is 16.5. The van der Waals surface area contributed by atoms with Gasteiger partial charge in [0.05, 0.1) is 17.6 Å². The fourth-order valence-electron chi connectivity index (χ4n) is 2.26. The van der Waals surface area contributed by atoms with Gasteiger partial charge >= 0.3 is 0 Å². The average Bonchev–Trinajstić information content (AvgIpc) is 2.91. The summed E-state index contributed by atoms with van der Waals surface area (Å²) in [4.78, 5) is 11.8. The zero-order valence-electron chi connectivity index (χ0n) is 12.0. The predicted octanol–water partition coefficient (Wildman–Crippen LogP) is 3.08. The summed E-state index contributed by atoms with van der Waals surface area (Å²) < 4.78 is 5.57. The highest BCUT2D eigenvalue weighted by molar-refractivity contribution is 5.83. The number of nitrogens with one attached hydrogen (secondary N) is 1. The molecule has 3 aromatic rings. The van der Waals surface area contributed by atoms with Crippen molar-refractivity contribution >= 4 is 11.0 Å². The number of rotatable bonds is 4. The number of nitrogens with zero attached hydrogens (tertiary/aromatic N) is 2. The van der Waals surface area contributed by atoms with Gasteiger partial charge in [0.25, 0.3) is 0 Å². The Morgan fingerprint density at radius 3 is 2.95 bits per heavy atom. The molecule has 2 N–H and O–H groups in total. The van der Waals surface area contributed by atoms with Crippen molar-refractivity contribution in [3.8, 4) is 17.0 Å². The highest BCUT2D eigenvalue weighted by Gasteiger charge is 2.11. The standard InChI is InChI=1S/C16H17N3O2/c1-3-21-16-12(5-4-8-17-16)11-6-7-13-14(9-11)19-15(18-13)10(2)20/h4-10,20H,3H2,1-2H3,(H,18,19)/t10-/m0/s1. The molecule has 0 aliphatic heterocycles. The van der Waals surface area contributed by atoms with Gasteiger partial charge in [-0.15, -0.1) is 0 Å². The third-order valence-electron chi connectivity index (χ3n) is 3.26. The summed E-state index contributed by atoms with van der Waals surface area (Å²) in [6, 6.07) is 9.76. The minimum atomic E-state index is -0.613. The number of H-pyrrole nitrogens is 1. The van der Waals surface area contributed by atoms with Crippen LogP contribution in [0.15, 0.2) is 36.5 Å². The van der Waals surface area contributed by atoms with Crippen LogP contribution in [0.2, 0.25) is 0 Å². The molecule has 0 saturated heterocycles. The molecule has 0 unspecified atom stereocenters. The summed E-state index contributed by atoms with van der Waals surface area (Å²) >= 11 is 0. The van der Waals surface area contributed by atoms with E-state index in [1.54, 1.807) is 13.1 Å². The van der Waals surface area contributed by atoms with Crippen LogP contribution in [0.5, 0.6) is 5.88 Å². The van der Waals surface area contributed by atoms with E-state index < -0.39 is 6.10 Å². The van der Waals surface area contributed by atoms with Crippen LogP contribution in [0.25, 0.3) is 22.2 Å². The maximum Gasteiger partial charge on any atom is 0.221 e. The van der Waals surface area contributed by atoms with Crippen molar-refractivity contribution < 1.29 is 9.84 Å². The molecule has 108 valence electrons. The van der Waals surface area contributed by atoms with Crippen LogP contribution in [0, 0.1) is 0 Å². The van der Waals surface area contributed by atoms with Gasteiger partial charge in [0, 0.05) is 11.8 Å². The van der Waals surface area contributed by atoms with Gasteiger partial charge < -0.3 is 14.8 Å². The normalized spacial score (nSPS) is 12.5. The number of fused-ring (bicyclic) bond motifs is 1. The maximum atomic E-state index is 9.60. The van der Waals surface area contributed by atoms with Crippen molar-refractivity contribution in [1.82, 2.24) is 15.0 Å². The Kier molecular flexibility index (Phi) is 3.58. The number of aromatic nitrogens is 3. The van der Waals surface area contributed by atoms with E-state index in [1.807, 2.05) is 37.3 Å². The topological polar surface area (TPSA) is 71.0 Å². The van der Waals surface area contributed by atoms with Crippen molar-refractivity contribution in [3.63, 3.8) is 0 Å². The van der Waals surface area contributed by atoms with Crippen LogP contribution in [-0.2, 0) is 0 Å². The number of ether oxygens (including phenoxy) is 1. The van der Waals surface area contributed by atoms with Crippen molar-refractivity contribution in [2.45, 2.75) is 20.0 Å². The van der Waals surface area contributed by atoms with E-state index in [0.717, 1.165) is 22.2 Å². The van der Waals surface area contributed by atoms with E-state index >= 15 is 0 Å². The fraction of sp³-hybridized carbons (Fsp3) is 0.250. The van der Waals surface area contributed by atoms with E-state index in [1.165, 1.54) is 0 Å². The first-order valence-electron chi connectivity index (χ1n) is 6.95. The second-order valence-corrected chi connectivity index (χ2v) is 4.82. The predicted molar refractivity (Wildman–Crippen MR) is 81.1 cm³/mol. The molecule has 1 aromatic carbocycles. The number of benzene rings is 1. The van der Waals surface area contributed by atoms with Crippen molar-refractivity contribution in [1.29, 1.82) is 0 Å². The molecule has 0 saturated carbocycles. The Morgan fingerprint density at radius 1 is 1.33 bits per heavy atom. The number of hydrogen-bond donors (Lipinski definition) is 2. The molecule has 3 rings (SSSR count). The molecular formula is C16H17N3O2. The number of aliphatic hydroxyl groups is 1. The highest BCUT2D eigenvalue weighted by Crippen LogP contribution is 2.30. The average molecular weight is 283 g/mol. The van der Waals surface area contributed by atoms with Crippen LogP contribution >= 0.6 is 0 Å². The zero-order valence-corrected chi connectivity index (χ0v) is 12.0. The molecule has 0 aliphatic rings. The lowest BCUT2D eigenvalue weighted by atomic mass is 10.1. The Hall–Kier alpha value is -2.40. The Labute approximate surface area is 122 Å². The first-order chi connectivity index (χ1) is 10.2. The first kappa shape index (κ1) is 13.6. The van der Waals surface area contributed by atoms with Crippen LogP contribution < -0.4 is 4.74 Å². The van der Waals surface area contributed by atoms with Crippen molar-refractivity contribution in [3.05, 3.63) is 42.4 Å². The molecule has 0 radical (unpaired) electrons. The Morgan fingerprint density at radius 2 is 2.19 bits per heavy atom. The molecular weight excluding hydrogens is 266 g/mol. The third kappa shape index (κ3) is 2.60. The van der Waals surface area contributed by atoms with Gasteiger partial charge in [0.15, 0.2) is 0 Å². The fourth-order valence-corrected chi connectivity index (χ4v) is 2.26. The number of pyridine rings is 1. The van der Waals surface area contributed by atoms with Gasteiger partial charge in [-0.3, -0.25) is 0 Å². The van der Waals surface area contributed by atoms with Crippen LogP contribution in [-0.4, -0.2) is 26.7 Å². The smallest absolute Gasteiger partial charge is 0.221 e. The molecule has 5 heteroatoms. The molecule has 0 aliphatic carbocycles. The molecule has 2 aromatic heterocycles. The summed E-state index contributed by atoms with van der Waals surface area (Å²) in [7, 11) is 0. The minimum absolute atomic E-state index is 0.568. The molecule has 0 bridgehead atoms. The summed E-state index contributed by atoms with van der Waals surface area (Å²) in [6.45, 7) is 4.20. The Bertz CT molecular complexity index is 765. The van der Waals surface area contributed by atoms with E-state index in [2.05, 4.69) is 15.0 Å². The second-order valence-electron chi connectivity index (χ2n) is 4.82. The third-order valence-corrected chi connectivity index (χ3v) is 3.26. The van der Waals surface area contributed by atoms with Crippen molar-refractivity contribution in [2.24, 2.45) is 0 Å². The number of aliphatic hydroxyl groups excluding tert-OH is 1. The maximum absolute atomic E-state index is 9.60. The number of imidazole rings is 1. The van der Waals surface area contributed by atoms with Gasteiger partial charge in [-0.05, 0) is 43.7 Å². The summed E-state index contributed by atoms with van der Waals surface area (Å²) in [6.07, 6.45) is 1.10. The van der Waals surface area contributed by atoms with E-state index in [0.29, 0.717) is 18.3 Å². The van der Waals surface area contributed by atoms with Gasteiger partial charge in [-0.25, -0.2) is 9.97 Å². The molecule has 21 heavy (non-hydrogen) atoms. The summed E-state index contributed by atoms with van der Waals surface area (Å²) in [5.74, 6) is 1.19. The van der Waals surface area contributed by atoms with Crippen molar-refractivity contribution in [2.75, 3.05) is 6.61 Å². The van der Waals surface area contributed by atoms with E-state index in [9.17, 15) is 5.11 Å². The lowest BCUT2D eigenvalue weighted by molar-refractivity contribution is 0.190. The monoisotopic (exact) mass is 283 g/mol. The lowest BCUT2D eigenvalue weighted by Crippen LogP contribution is -1.96. The molecule has 2 heterocycles. The van der Waals surface area contributed by atoms with Crippen LogP contribution in [0.3, 0.4) is 0 Å². The van der Waals surface area contributed by atoms with Crippen LogP contribution in [0.4, 0.5) is 0 Å². The van der Waals surface area contributed by atoms with Gasteiger partial charge in [-0.1, -0.05) is 6.07 Å². The lowest BCUT2D eigenvalue weighted by Gasteiger charge is -2.08. The molecule has 5 nitrogen and oxygen atoms in total. The summed E-state index contributed by atoms with van der Waals surface area (Å²) in [5, 5.41) is 9.60. The van der Waals surface area contributed by atoms with E-state index in [4.69, 9.17) is 4.74 Å². The van der Waals surface area contributed by atoms with Gasteiger partial charge in [0.2, 0.25) is 5.88 Å². The SMILES string of the molecule is CCOc1ncccc1-c1ccc2nc([C@H](C)O)[nH]c2c1. The van der Waals surface area contributed by atoms with E-state index in [-0.39, 0.29) is 0 Å². The summed E-state index contributed by atoms with van der Waals surface area (Å²) in [5.41, 5.74) is 3.65. The largest absolute Gasteiger partial charge is 0.478 e. The molecule has 1 atom stereocenters. The quantitative estimate of drug-likeness (QED) is 0.772. The molecule has 0 fully saturated rings. The van der Waals surface area contributed by atoms with Gasteiger partial charge in [0.1, 0.15) is 11.9 Å². The second kappa shape index (κ2) is 5.54. The minimum Gasteiger partial charge on any atom is -0.478 e. The van der Waals surface area contributed by atoms with Crippen LogP contribution in [0.1, 0.15) is 25.8 Å². The molecule has 0 amide bonds. The number of aromatic amines is 1. The van der Waals surface area contributed by atoms with Gasteiger partial charge in [-0.2, -0.15) is 0 Å². The zero-order chi connectivity index (χ0) is 14.8. The Balaban J connectivity index is 2.08. The molecule has 0 spiro atoms. The number of hydrogen-bond acceptors (Lipinski definition) is 4. The first-order valence-corrected chi connectivity index (χ1v) is 6.95.